The van der Waals surface area contributed by atoms with E-state index >= 15 is 0 Å². The highest BCUT2D eigenvalue weighted by Crippen LogP contribution is 2.42. The van der Waals surface area contributed by atoms with Crippen molar-refractivity contribution >= 4 is 26.8 Å². The van der Waals surface area contributed by atoms with Crippen molar-refractivity contribution in [2.24, 2.45) is 18.9 Å². The number of nitrogens with zero attached hydrogens (tertiary/aromatic N) is 1. The van der Waals surface area contributed by atoms with Crippen molar-refractivity contribution in [1.29, 1.82) is 0 Å². The van der Waals surface area contributed by atoms with Gasteiger partial charge < -0.3 is 15.0 Å². The van der Waals surface area contributed by atoms with Crippen LogP contribution in [0.5, 0.6) is 0 Å². The smallest absolute Gasteiger partial charge is 0.240 e. The lowest BCUT2D eigenvalue weighted by Crippen LogP contribution is -2.45. The highest BCUT2D eigenvalue weighted by atomic mass is 32.2. The summed E-state index contributed by atoms with van der Waals surface area (Å²) in [5, 5.41) is 13.6. The fraction of sp³-hybridized carbons (Fsp3) is 0.625. The number of benzene rings is 1. The Morgan fingerprint density at radius 2 is 1.81 bits per heavy atom. The summed E-state index contributed by atoms with van der Waals surface area (Å²) in [7, 11) is -1.61. The van der Waals surface area contributed by atoms with Crippen LogP contribution in [0.2, 0.25) is 0 Å². The van der Waals surface area contributed by atoms with E-state index in [1.165, 1.54) is 18.5 Å². The number of hydrogen-bond acceptors (Lipinski definition) is 4. The van der Waals surface area contributed by atoms with Crippen molar-refractivity contribution in [3.05, 3.63) is 30.0 Å². The van der Waals surface area contributed by atoms with E-state index in [2.05, 4.69) is 20.7 Å². The summed E-state index contributed by atoms with van der Waals surface area (Å²) in [5.41, 5.74) is 2.23. The Balaban J connectivity index is 1.21. The lowest BCUT2D eigenvalue weighted by Gasteiger charge is -2.29. The van der Waals surface area contributed by atoms with E-state index in [9.17, 15) is 18.3 Å². The summed E-state index contributed by atoms with van der Waals surface area (Å²) < 4.78 is 31.1. The molecule has 32 heavy (non-hydrogen) atoms. The molecule has 1 amide bonds. The molecule has 0 bridgehead atoms. The van der Waals surface area contributed by atoms with Crippen molar-refractivity contribution in [2.75, 3.05) is 6.61 Å². The van der Waals surface area contributed by atoms with E-state index in [0.29, 0.717) is 42.4 Å². The molecule has 3 aliphatic carbocycles. The van der Waals surface area contributed by atoms with Crippen molar-refractivity contribution in [1.82, 2.24) is 14.6 Å². The maximum Gasteiger partial charge on any atom is 0.240 e. The second kappa shape index (κ2) is 8.47. The van der Waals surface area contributed by atoms with Crippen LogP contribution < -0.4 is 10.0 Å². The molecular weight excluding hydrogens is 426 g/mol. The molecule has 2 aromatic rings. The predicted octanol–water partition coefficient (Wildman–Crippen LogP) is 2.78. The molecular formula is C24H33N3O4S. The van der Waals surface area contributed by atoms with Crippen LogP contribution in [0.3, 0.4) is 0 Å². The molecule has 1 atom stereocenters. The second-order valence-corrected chi connectivity index (χ2v) is 11.6. The molecule has 8 heteroatoms. The minimum Gasteiger partial charge on any atom is -0.394 e. The zero-order valence-corrected chi connectivity index (χ0v) is 19.4. The Kier molecular flexibility index (Phi) is 5.80. The fourth-order valence-electron chi connectivity index (χ4n) is 5.14. The number of carbonyl (C=O) groups is 1. The molecule has 1 aromatic carbocycles. The summed E-state index contributed by atoms with van der Waals surface area (Å²) in [6, 6.07) is 7.24. The summed E-state index contributed by atoms with van der Waals surface area (Å²) >= 11 is 0. The van der Waals surface area contributed by atoms with Crippen LogP contribution in [0.4, 0.5) is 0 Å². The van der Waals surface area contributed by atoms with Gasteiger partial charge in [0, 0.05) is 30.2 Å². The topological polar surface area (TPSA) is 100 Å². The molecule has 0 unspecified atom stereocenters. The quantitative estimate of drug-likeness (QED) is 0.565. The molecule has 174 valence electrons. The standard InChI is InChI=1S/C24H33N3O4S/c1-27-22(16-4-5-16)12-18-8-11-20(13-23(18)27)32(30,31)26-19-9-6-17(7-10-19)24(29)25-21(14-28)15-2-3-15/h8,11-13,15-17,19,21,26,28H,2-7,9-10,14H2,1H3,(H,25,29)/t17-,19-,21-/m0/s1. The third-order valence-corrected chi connectivity index (χ3v) is 9.01. The molecule has 0 saturated heterocycles. The van der Waals surface area contributed by atoms with E-state index in [4.69, 9.17) is 0 Å². The molecule has 3 aliphatic rings. The van der Waals surface area contributed by atoms with Gasteiger partial charge >= 0.3 is 0 Å². The Labute approximate surface area is 189 Å². The average molecular weight is 460 g/mol. The van der Waals surface area contributed by atoms with Gasteiger partial charge in [-0.15, -0.1) is 0 Å². The van der Waals surface area contributed by atoms with Crippen LogP contribution in [0.1, 0.15) is 63.0 Å². The molecule has 1 aromatic heterocycles. The summed E-state index contributed by atoms with van der Waals surface area (Å²) in [6.45, 7) is -0.0147. The minimum atomic E-state index is -3.62. The second-order valence-electron chi connectivity index (χ2n) is 9.93. The van der Waals surface area contributed by atoms with Crippen molar-refractivity contribution < 1.29 is 18.3 Å². The van der Waals surface area contributed by atoms with Gasteiger partial charge in [0.15, 0.2) is 0 Å². The third-order valence-electron chi connectivity index (χ3n) is 7.50. The molecule has 0 radical (unpaired) electrons. The van der Waals surface area contributed by atoms with Gasteiger partial charge in [0.2, 0.25) is 15.9 Å². The number of carbonyl (C=O) groups excluding carboxylic acids is 1. The highest BCUT2D eigenvalue weighted by Gasteiger charge is 2.35. The number of aromatic nitrogens is 1. The molecule has 0 aliphatic heterocycles. The van der Waals surface area contributed by atoms with E-state index < -0.39 is 10.0 Å². The molecule has 3 fully saturated rings. The SMILES string of the molecule is Cn1c(C2CC2)cc2ccc(S(=O)(=O)N[C@H]3CC[C@H](C(=O)N[C@@H](CO)C4CC4)CC3)cc21. The van der Waals surface area contributed by atoms with Gasteiger partial charge in [-0.05, 0) is 86.8 Å². The number of hydrogen-bond donors (Lipinski definition) is 3. The first-order chi connectivity index (χ1) is 15.4. The lowest BCUT2D eigenvalue weighted by atomic mass is 9.85. The number of aliphatic hydroxyl groups is 1. The molecule has 7 nitrogen and oxygen atoms in total. The van der Waals surface area contributed by atoms with Crippen LogP contribution in [0.15, 0.2) is 29.2 Å². The van der Waals surface area contributed by atoms with Crippen LogP contribution in [0.25, 0.3) is 10.9 Å². The Morgan fingerprint density at radius 3 is 2.44 bits per heavy atom. The van der Waals surface area contributed by atoms with E-state index in [1.54, 1.807) is 12.1 Å². The normalized spacial score (nSPS) is 25.1. The van der Waals surface area contributed by atoms with E-state index in [0.717, 1.165) is 23.7 Å². The minimum absolute atomic E-state index is 0.00196. The van der Waals surface area contributed by atoms with Gasteiger partial charge in [0.25, 0.3) is 0 Å². The van der Waals surface area contributed by atoms with Gasteiger partial charge in [0.1, 0.15) is 0 Å². The van der Waals surface area contributed by atoms with Gasteiger partial charge in [0.05, 0.1) is 17.5 Å². The van der Waals surface area contributed by atoms with Crippen molar-refractivity contribution in [3.63, 3.8) is 0 Å². The molecule has 0 spiro atoms. The maximum atomic E-state index is 13.1. The predicted molar refractivity (Wildman–Crippen MR) is 123 cm³/mol. The largest absolute Gasteiger partial charge is 0.394 e. The zero-order chi connectivity index (χ0) is 22.5. The average Bonchev–Trinajstić information content (AvgIpc) is 3.70. The molecule has 1 heterocycles. The summed E-state index contributed by atoms with van der Waals surface area (Å²) in [6.07, 6.45) is 7.14. The monoisotopic (exact) mass is 459 g/mol. The van der Waals surface area contributed by atoms with Gasteiger partial charge in [-0.1, -0.05) is 6.07 Å². The number of nitrogens with one attached hydrogen (secondary N) is 2. The Hall–Kier alpha value is -1.90. The van der Waals surface area contributed by atoms with Gasteiger partial charge in [-0.2, -0.15) is 0 Å². The summed E-state index contributed by atoms with van der Waals surface area (Å²) in [5.74, 6) is 0.908. The van der Waals surface area contributed by atoms with Crippen LogP contribution in [0, 0.1) is 11.8 Å². The van der Waals surface area contributed by atoms with Gasteiger partial charge in [-0.3, -0.25) is 4.79 Å². The van der Waals surface area contributed by atoms with Crippen LogP contribution in [-0.4, -0.2) is 42.7 Å². The zero-order valence-electron chi connectivity index (χ0n) is 18.6. The first-order valence-electron chi connectivity index (χ1n) is 11.9. The number of sulfonamides is 1. The molecule has 3 N–H and O–H groups in total. The van der Waals surface area contributed by atoms with Crippen LogP contribution in [-0.2, 0) is 21.9 Å². The van der Waals surface area contributed by atoms with Crippen molar-refractivity contribution in [3.8, 4) is 0 Å². The Bertz CT molecular complexity index is 1110. The van der Waals surface area contributed by atoms with E-state index in [-0.39, 0.29) is 30.5 Å². The number of fused-ring (bicyclic) bond motifs is 1. The fourth-order valence-corrected chi connectivity index (χ4v) is 6.47. The highest BCUT2D eigenvalue weighted by molar-refractivity contribution is 7.89. The lowest BCUT2D eigenvalue weighted by molar-refractivity contribution is -0.127. The number of rotatable bonds is 8. The first-order valence-corrected chi connectivity index (χ1v) is 13.4. The number of aliphatic hydroxyl groups excluding tert-OH is 1. The van der Waals surface area contributed by atoms with Gasteiger partial charge in [-0.25, -0.2) is 13.1 Å². The first kappa shape index (κ1) is 21.9. The summed E-state index contributed by atoms with van der Waals surface area (Å²) in [4.78, 5) is 12.9. The maximum absolute atomic E-state index is 13.1. The molecule has 3 saturated carbocycles. The third kappa shape index (κ3) is 4.45. The Morgan fingerprint density at radius 1 is 1.09 bits per heavy atom. The number of amides is 1. The van der Waals surface area contributed by atoms with E-state index in [1.807, 2.05) is 13.1 Å². The molecule has 5 rings (SSSR count). The van der Waals surface area contributed by atoms with Crippen molar-refractivity contribution in [2.45, 2.75) is 74.3 Å². The number of aryl methyl sites for hydroxylation is 1. The van der Waals surface area contributed by atoms with Crippen LogP contribution >= 0.6 is 0 Å².